The van der Waals surface area contributed by atoms with E-state index in [0.717, 1.165) is 6.08 Å². The Bertz CT molecular complexity index is 1630. The van der Waals surface area contributed by atoms with Crippen LogP contribution in [0, 0.1) is 0 Å². The minimum absolute atomic E-state index is 0.0153. The number of esters is 1. The van der Waals surface area contributed by atoms with Gasteiger partial charge in [-0.25, -0.2) is 9.59 Å². The number of phenols is 2. The van der Waals surface area contributed by atoms with Crippen LogP contribution < -0.4 is 19.8 Å². The van der Waals surface area contributed by atoms with E-state index in [1.165, 1.54) is 44.6 Å². The van der Waals surface area contributed by atoms with Crippen LogP contribution in [0.3, 0.4) is 0 Å². The van der Waals surface area contributed by atoms with Gasteiger partial charge in [0, 0.05) is 29.5 Å². The first-order valence-electron chi connectivity index (χ1n) is 14.0. The molecule has 1 aromatic heterocycles. The first-order chi connectivity index (χ1) is 21.3. The molecule has 3 aromatic rings. The second-order valence-corrected chi connectivity index (χ2v) is 11.2. The van der Waals surface area contributed by atoms with Gasteiger partial charge in [0.15, 0.2) is 29.1 Å². The van der Waals surface area contributed by atoms with Crippen molar-refractivity contribution in [2.45, 2.75) is 62.7 Å². The average Bonchev–Trinajstić information content (AvgIpc) is 3.46. The lowest BCUT2D eigenvalue weighted by Gasteiger charge is -2.43. The van der Waals surface area contributed by atoms with Gasteiger partial charge in [0.05, 0.1) is 14.2 Å². The number of aliphatic hydroxyl groups excluding tert-OH is 3. The summed E-state index contributed by atoms with van der Waals surface area (Å²) in [6, 6.07) is 7.45. The lowest BCUT2D eigenvalue weighted by atomic mass is 9.95. The van der Waals surface area contributed by atoms with Gasteiger partial charge >= 0.3 is 11.6 Å². The number of ether oxygens (including phenoxy) is 6. The summed E-state index contributed by atoms with van der Waals surface area (Å²) in [6.45, 7) is 2.82. The summed E-state index contributed by atoms with van der Waals surface area (Å²) in [7, 11) is 2.73. The second-order valence-electron chi connectivity index (χ2n) is 11.2. The number of phenolic OH excluding ortho intramolecular Hbond substituents is 2. The molecule has 2 aliphatic rings. The fraction of sp³-hybridized carbons (Fsp3) is 0.419. The van der Waals surface area contributed by atoms with Crippen molar-refractivity contribution in [3.05, 3.63) is 58.0 Å². The van der Waals surface area contributed by atoms with Crippen molar-refractivity contribution >= 4 is 23.0 Å². The van der Waals surface area contributed by atoms with Crippen molar-refractivity contribution in [3.63, 3.8) is 0 Å². The van der Waals surface area contributed by atoms with Crippen molar-refractivity contribution in [1.82, 2.24) is 0 Å². The third-order valence-electron chi connectivity index (χ3n) is 7.75. The summed E-state index contributed by atoms with van der Waals surface area (Å²) in [5.74, 6) is -0.947. The molecule has 2 aromatic carbocycles. The van der Waals surface area contributed by atoms with Crippen LogP contribution in [0.2, 0.25) is 0 Å². The highest BCUT2D eigenvalue weighted by molar-refractivity contribution is 5.87. The number of rotatable bonds is 9. The van der Waals surface area contributed by atoms with Crippen LogP contribution in [-0.4, -0.2) is 94.7 Å². The van der Waals surface area contributed by atoms with Gasteiger partial charge in [0.25, 0.3) is 0 Å². The molecular weight excluding hydrogens is 596 g/mol. The first-order valence-corrected chi connectivity index (χ1v) is 14.0. The van der Waals surface area contributed by atoms with Gasteiger partial charge in [0.1, 0.15) is 42.7 Å². The van der Waals surface area contributed by atoms with Gasteiger partial charge in [0.2, 0.25) is 11.5 Å². The van der Waals surface area contributed by atoms with Gasteiger partial charge in [-0.3, -0.25) is 0 Å². The van der Waals surface area contributed by atoms with Crippen LogP contribution >= 0.6 is 0 Å². The van der Waals surface area contributed by atoms with Crippen LogP contribution in [0.25, 0.3) is 17.0 Å². The Morgan fingerprint density at radius 3 is 2.36 bits per heavy atom. The number of methoxy groups -OCH3 is 2. The molecule has 0 radical (unpaired) electrons. The van der Waals surface area contributed by atoms with E-state index < -0.39 is 60.6 Å². The molecule has 0 aliphatic carbocycles. The number of aromatic hydroxyl groups is 2. The van der Waals surface area contributed by atoms with Crippen molar-refractivity contribution in [2.75, 3.05) is 20.8 Å². The molecule has 0 bridgehead atoms. The van der Waals surface area contributed by atoms with E-state index >= 15 is 0 Å². The molecule has 1 fully saturated rings. The maximum atomic E-state index is 12.5. The smallest absolute Gasteiger partial charge is 0.336 e. The first kappa shape index (κ1) is 32.1. The Labute approximate surface area is 256 Å². The molecule has 14 nitrogen and oxygen atoms in total. The zero-order valence-electron chi connectivity index (χ0n) is 24.8. The Kier molecular flexibility index (Phi) is 8.96. The lowest BCUT2D eigenvalue weighted by molar-refractivity contribution is -0.329. The molecule has 6 atom stereocenters. The predicted molar refractivity (Wildman–Crippen MR) is 155 cm³/mol. The SMILES string of the molecule is COc1cc(C=CC(=O)OC[C@H]2O[C@@H](OC(C)(C)[C@@H]3Cc4cc5ccc(=O)oc5c(O)c4O3)[C@H](O)[C@@H](O)[C@@H]2O)cc(OC)c1O. The van der Waals surface area contributed by atoms with E-state index in [1.807, 2.05) is 0 Å². The van der Waals surface area contributed by atoms with E-state index in [0.29, 0.717) is 16.5 Å². The number of aliphatic hydroxyl groups is 3. The Morgan fingerprint density at radius 1 is 1.00 bits per heavy atom. The van der Waals surface area contributed by atoms with Crippen molar-refractivity contribution in [1.29, 1.82) is 0 Å². The van der Waals surface area contributed by atoms with Crippen LogP contribution in [0.5, 0.6) is 28.7 Å². The minimum Gasteiger partial charge on any atom is -0.502 e. The topological polar surface area (TPSA) is 204 Å². The zero-order chi connectivity index (χ0) is 32.6. The lowest BCUT2D eigenvalue weighted by Crippen LogP contribution is -2.61. The Hall–Kier alpha value is -4.34. The number of benzene rings is 2. The molecule has 2 aliphatic heterocycles. The number of fused-ring (bicyclic) bond motifs is 2. The number of hydrogen-bond donors (Lipinski definition) is 5. The maximum Gasteiger partial charge on any atom is 0.336 e. The molecule has 242 valence electrons. The van der Waals surface area contributed by atoms with E-state index in [4.69, 9.17) is 32.8 Å². The molecule has 5 rings (SSSR count). The molecule has 0 amide bonds. The summed E-state index contributed by atoms with van der Waals surface area (Å²) in [5.41, 5.74) is -0.738. The quantitative estimate of drug-likeness (QED) is 0.129. The normalized spacial score (nSPS) is 24.8. The maximum absolute atomic E-state index is 12.5. The summed E-state index contributed by atoms with van der Waals surface area (Å²) >= 11 is 0. The van der Waals surface area contributed by atoms with E-state index in [2.05, 4.69) is 0 Å². The van der Waals surface area contributed by atoms with Crippen molar-refractivity contribution < 1.29 is 63.2 Å². The van der Waals surface area contributed by atoms with Crippen molar-refractivity contribution in [2.24, 2.45) is 0 Å². The number of carbonyl (C=O) groups excluding carboxylic acids is 1. The molecule has 45 heavy (non-hydrogen) atoms. The highest BCUT2D eigenvalue weighted by Gasteiger charge is 2.49. The third-order valence-corrected chi connectivity index (χ3v) is 7.75. The summed E-state index contributed by atoms with van der Waals surface area (Å²) in [5, 5.41) is 53.0. The highest BCUT2D eigenvalue weighted by atomic mass is 16.7. The van der Waals surface area contributed by atoms with Crippen LogP contribution in [0.1, 0.15) is 25.0 Å². The molecule has 5 N–H and O–H groups in total. The largest absolute Gasteiger partial charge is 0.502 e. The fourth-order valence-electron chi connectivity index (χ4n) is 5.20. The standard InChI is InChI=1S/C31H34O14/c1-31(2,20-12-16-11-15-6-8-22(33)44-28(15)27(38)29(16)43-20)45-30-26(37)25(36)24(35)19(42-30)13-41-21(32)7-5-14-9-17(39-3)23(34)18(10-14)40-4/h5-11,19-20,24-26,30,34-38H,12-13H2,1-4H3/t19-,20+,24-,25+,26-,30+/m1/s1. The molecule has 14 heteroatoms. The van der Waals surface area contributed by atoms with Crippen LogP contribution in [-0.2, 0) is 25.4 Å². The predicted octanol–water partition coefficient (Wildman–Crippen LogP) is 1.38. The fourth-order valence-corrected chi connectivity index (χ4v) is 5.20. The molecule has 1 saturated heterocycles. The second kappa shape index (κ2) is 12.6. The van der Waals surface area contributed by atoms with Gasteiger partial charge in [-0.1, -0.05) is 0 Å². The molecule has 0 unspecified atom stereocenters. The van der Waals surface area contributed by atoms with Crippen molar-refractivity contribution in [3.8, 4) is 28.7 Å². The van der Waals surface area contributed by atoms with Gasteiger partial charge in [-0.2, -0.15) is 0 Å². The Morgan fingerprint density at radius 2 is 1.69 bits per heavy atom. The van der Waals surface area contributed by atoms with Gasteiger partial charge in [-0.05, 0) is 49.8 Å². The monoisotopic (exact) mass is 630 g/mol. The van der Waals surface area contributed by atoms with E-state index in [9.17, 15) is 35.1 Å². The van der Waals surface area contributed by atoms with Crippen LogP contribution in [0.4, 0.5) is 0 Å². The number of carbonyl (C=O) groups is 1. The van der Waals surface area contributed by atoms with Crippen LogP contribution in [0.15, 0.2) is 45.6 Å². The summed E-state index contributed by atoms with van der Waals surface area (Å²) in [6.07, 6.45) is -5.65. The van der Waals surface area contributed by atoms with Gasteiger partial charge in [-0.15, -0.1) is 0 Å². The van der Waals surface area contributed by atoms with Gasteiger partial charge < -0.3 is 58.4 Å². The molecule has 3 heterocycles. The average molecular weight is 631 g/mol. The van der Waals surface area contributed by atoms with E-state index in [-0.39, 0.29) is 40.8 Å². The number of hydrogen-bond acceptors (Lipinski definition) is 14. The zero-order valence-corrected chi connectivity index (χ0v) is 24.8. The highest BCUT2D eigenvalue weighted by Crippen LogP contribution is 2.45. The van der Waals surface area contributed by atoms with E-state index in [1.54, 1.807) is 19.9 Å². The molecule has 0 spiro atoms. The Balaban J connectivity index is 1.24. The third kappa shape index (κ3) is 6.41. The molecular formula is C31H34O14. The molecule has 0 saturated carbocycles. The minimum atomic E-state index is -1.70. The summed E-state index contributed by atoms with van der Waals surface area (Å²) < 4.78 is 38.3. The summed E-state index contributed by atoms with van der Waals surface area (Å²) in [4.78, 5) is 24.1.